The maximum absolute atomic E-state index is 5.34. The van der Waals surface area contributed by atoms with E-state index >= 15 is 0 Å². The fourth-order valence-corrected chi connectivity index (χ4v) is 10.9. The van der Waals surface area contributed by atoms with Crippen molar-refractivity contribution in [2.24, 2.45) is 0 Å². The zero-order valence-corrected chi connectivity index (χ0v) is 38.7. The highest BCUT2D eigenvalue weighted by atomic mass is 32.1. The summed E-state index contributed by atoms with van der Waals surface area (Å²) in [5.41, 5.74) is 14.9. The van der Waals surface area contributed by atoms with Gasteiger partial charge >= 0.3 is 0 Å². The summed E-state index contributed by atoms with van der Waals surface area (Å²) in [6.45, 7) is 6.45. The Kier molecular flexibility index (Phi) is 10.7. The summed E-state index contributed by atoms with van der Waals surface area (Å²) in [7, 11) is 0. The third-order valence-corrected chi connectivity index (χ3v) is 14.1. The third-order valence-electron chi connectivity index (χ3n) is 12.9. The molecule has 0 atom stereocenters. The first kappa shape index (κ1) is 41.6. The summed E-state index contributed by atoms with van der Waals surface area (Å²) in [6.07, 6.45) is 7.91. The van der Waals surface area contributed by atoms with Gasteiger partial charge < -0.3 is 4.57 Å². The Balaban J connectivity index is 1.13. The summed E-state index contributed by atoms with van der Waals surface area (Å²) in [5.74, 6) is 1.68. The second-order valence-corrected chi connectivity index (χ2v) is 18.2. The number of rotatable bonds is 10. The number of benzene rings is 9. The van der Waals surface area contributed by atoms with E-state index in [2.05, 4.69) is 193 Å². The molecule has 4 nitrogen and oxygen atoms in total. The van der Waals surface area contributed by atoms with Crippen molar-refractivity contribution < 1.29 is 0 Å². The van der Waals surface area contributed by atoms with Gasteiger partial charge in [0.1, 0.15) is 0 Å². The molecule has 0 aliphatic rings. The standard InChI is InChI=1S/C64H44N4S/c1-3-4-9-21-42(2)62-65-63(45-26-14-7-15-27-45)67-64(66-62)56-41-46(49-39-47(43-22-10-5-11-23-43)38-48(40-49)44-24-12-6-13-25-44)34-35-51(56)54-31-20-32-55-59-58(69-61(54)55)37-36-53-52-30-18-19-33-57(52)68(60(53)59)50-28-16-8-17-29-50/h3-41H,2H2,1H3/b4-3-,21-9-. The van der Waals surface area contributed by atoms with Crippen LogP contribution in [0.15, 0.2) is 243 Å². The Morgan fingerprint density at radius 1 is 0.464 bits per heavy atom. The van der Waals surface area contributed by atoms with E-state index in [9.17, 15) is 0 Å². The van der Waals surface area contributed by atoms with Gasteiger partial charge in [-0.15, -0.1) is 11.3 Å². The van der Waals surface area contributed by atoms with Crippen LogP contribution in [0.4, 0.5) is 0 Å². The van der Waals surface area contributed by atoms with Crippen LogP contribution in [0.1, 0.15) is 12.7 Å². The van der Waals surface area contributed by atoms with E-state index in [1.165, 1.54) is 42.0 Å². The molecule has 12 aromatic rings. The van der Waals surface area contributed by atoms with Crippen LogP contribution in [0, 0.1) is 0 Å². The quantitative estimate of drug-likeness (QED) is 0.128. The largest absolute Gasteiger partial charge is 0.309 e. The second-order valence-electron chi connectivity index (χ2n) is 17.2. The van der Waals surface area contributed by atoms with Crippen molar-refractivity contribution in [1.82, 2.24) is 19.5 Å². The van der Waals surface area contributed by atoms with E-state index in [1.54, 1.807) is 0 Å². The fraction of sp³-hybridized carbons (Fsp3) is 0.0156. The number of hydrogen-bond acceptors (Lipinski definition) is 4. The summed E-state index contributed by atoms with van der Waals surface area (Å²) in [6, 6.07) is 75.9. The first-order valence-electron chi connectivity index (χ1n) is 23.2. The van der Waals surface area contributed by atoms with Crippen molar-refractivity contribution in [2.75, 3.05) is 0 Å². The highest BCUT2D eigenvalue weighted by Crippen LogP contribution is 2.48. The first-order chi connectivity index (χ1) is 34.1. The van der Waals surface area contributed by atoms with Gasteiger partial charge in [-0.2, -0.15) is 0 Å². The molecular weight excluding hydrogens is 857 g/mol. The van der Waals surface area contributed by atoms with E-state index in [0.717, 1.165) is 61.3 Å². The number of allylic oxidation sites excluding steroid dienone is 5. The smallest absolute Gasteiger partial charge is 0.164 e. The summed E-state index contributed by atoms with van der Waals surface area (Å²) in [5, 5.41) is 4.93. The molecule has 0 saturated heterocycles. The van der Waals surface area contributed by atoms with E-state index in [0.29, 0.717) is 23.0 Å². The number of para-hydroxylation sites is 2. The Hall–Kier alpha value is -8.77. The lowest BCUT2D eigenvalue weighted by Gasteiger charge is -2.16. The molecule has 0 amide bonds. The molecule has 0 saturated carbocycles. The highest BCUT2D eigenvalue weighted by molar-refractivity contribution is 7.26. The fourth-order valence-electron chi connectivity index (χ4n) is 9.64. The molecule has 69 heavy (non-hydrogen) atoms. The Morgan fingerprint density at radius 3 is 1.77 bits per heavy atom. The lowest BCUT2D eigenvalue weighted by Crippen LogP contribution is -2.03. The third kappa shape index (κ3) is 7.65. The highest BCUT2D eigenvalue weighted by Gasteiger charge is 2.23. The molecule has 5 heteroatoms. The average molecular weight is 901 g/mol. The van der Waals surface area contributed by atoms with Gasteiger partial charge in [-0.05, 0) is 94.4 Å². The van der Waals surface area contributed by atoms with Crippen LogP contribution in [0.3, 0.4) is 0 Å². The molecule has 0 spiro atoms. The number of fused-ring (bicyclic) bond motifs is 7. The van der Waals surface area contributed by atoms with Gasteiger partial charge in [0.25, 0.3) is 0 Å². The molecular formula is C64H44N4S. The van der Waals surface area contributed by atoms with Crippen LogP contribution in [0.2, 0.25) is 0 Å². The summed E-state index contributed by atoms with van der Waals surface area (Å²) >= 11 is 1.84. The minimum atomic E-state index is 0.518. The number of thiophene rings is 1. The first-order valence-corrected chi connectivity index (χ1v) is 24.1. The average Bonchev–Trinajstić information content (AvgIpc) is 3.98. The van der Waals surface area contributed by atoms with Gasteiger partial charge in [0, 0.05) is 58.9 Å². The predicted molar refractivity (Wildman–Crippen MR) is 293 cm³/mol. The van der Waals surface area contributed by atoms with Gasteiger partial charge in [-0.3, -0.25) is 0 Å². The molecule has 0 fully saturated rings. The van der Waals surface area contributed by atoms with Crippen LogP contribution in [-0.4, -0.2) is 19.5 Å². The normalized spacial score (nSPS) is 11.8. The van der Waals surface area contributed by atoms with Crippen molar-refractivity contribution in [3.8, 4) is 73.0 Å². The minimum absolute atomic E-state index is 0.518. The molecule has 0 N–H and O–H groups in total. The molecule has 9 aromatic carbocycles. The number of hydrogen-bond donors (Lipinski definition) is 0. The Morgan fingerprint density at radius 2 is 1.07 bits per heavy atom. The molecule has 0 unspecified atom stereocenters. The lowest BCUT2D eigenvalue weighted by molar-refractivity contribution is 1.04. The molecule has 0 bridgehead atoms. The van der Waals surface area contributed by atoms with Gasteiger partial charge in [0.2, 0.25) is 0 Å². The molecule has 0 radical (unpaired) electrons. The van der Waals surface area contributed by atoms with E-state index in [-0.39, 0.29) is 0 Å². The van der Waals surface area contributed by atoms with Gasteiger partial charge in [-0.1, -0.05) is 195 Å². The van der Waals surface area contributed by atoms with Crippen LogP contribution >= 0.6 is 11.3 Å². The molecule has 326 valence electrons. The van der Waals surface area contributed by atoms with E-state index < -0.39 is 0 Å². The van der Waals surface area contributed by atoms with E-state index in [1.807, 2.05) is 72.9 Å². The van der Waals surface area contributed by atoms with E-state index in [4.69, 9.17) is 15.0 Å². The number of nitrogens with zero attached hydrogens (tertiary/aromatic N) is 4. The minimum Gasteiger partial charge on any atom is -0.309 e. The summed E-state index contributed by atoms with van der Waals surface area (Å²) in [4.78, 5) is 15.7. The maximum atomic E-state index is 5.34. The molecule has 3 heterocycles. The second kappa shape index (κ2) is 17.8. The Labute approximate surface area is 405 Å². The van der Waals surface area contributed by atoms with Crippen LogP contribution in [0.5, 0.6) is 0 Å². The van der Waals surface area contributed by atoms with Crippen molar-refractivity contribution >= 4 is 58.9 Å². The monoisotopic (exact) mass is 900 g/mol. The van der Waals surface area contributed by atoms with Gasteiger partial charge in [-0.25, -0.2) is 15.0 Å². The van der Waals surface area contributed by atoms with Gasteiger partial charge in [0.05, 0.1) is 11.0 Å². The zero-order valence-electron chi connectivity index (χ0n) is 37.9. The van der Waals surface area contributed by atoms with Crippen molar-refractivity contribution in [3.63, 3.8) is 0 Å². The molecule has 0 aliphatic heterocycles. The Bertz CT molecular complexity index is 3900. The number of aromatic nitrogens is 4. The lowest BCUT2D eigenvalue weighted by atomic mass is 9.90. The predicted octanol–water partition coefficient (Wildman–Crippen LogP) is 17.5. The van der Waals surface area contributed by atoms with Crippen LogP contribution < -0.4 is 0 Å². The maximum Gasteiger partial charge on any atom is 0.164 e. The molecule has 12 rings (SSSR count). The van der Waals surface area contributed by atoms with Crippen molar-refractivity contribution in [2.45, 2.75) is 6.92 Å². The van der Waals surface area contributed by atoms with Gasteiger partial charge in [0.15, 0.2) is 17.5 Å². The van der Waals surface area contributed by atoms with Crippen LogP contribution in [0.25, 0.3) is 121 Å². The zero-order chi connectivity index (χ0) is 46.3. The topological polar surface area (TPSA) is 43.6 Å². The molecule has 3 aromatic heterocycles. The van der Waals surface area contributed by atoms with Crippen molar-refractivity contribution in [3.05, 3.63) is 249 Å². The molecule has 0 aliphatic carbocycles. The SMILES string of the molecule is C=C(/C=C\C=C/C)c1nc(-c2ccccc2)nc(-c2cc(-c3cc(-c4ccccc4)cc(-c4ccccc4)c3)ccc2-c2cccc3c2sc2ccc4c5ccccc5n(-c5ccccc5)c4c23)n1. The van der Waals surface area contributed by atoms with Crippen molar-refractivity contribution in [1.29, 1.82) is 0 Å². The summed E-state index contributed by atoms with van der Waals surface area (Å²) < 4.78 is 4.87. The van der Waals surface area contributed by atoms with Crippen LogP contribution in [-0.2, 0) is 0 Å².